The van der Waals surface area contributed by atoms with Gasteiger partial charge in [-0.15, -0.1) is 18.3 Å². The Morgan fingerprint density at radius 1 is 1.88 bits per heavy atom. The largest absolute Gasteiger partial charge is 0.364 e. The second-order valence-corrected chi connectivity index (χ2v) is 2.50. The maximum Gasteiger partial charge on any atom is 0.0678 e. The van der Waals surface area contributed by atoms with Crippen LogP contribution in [0, 0.1) is 0 Å². The highest BCUT2D eigenvalue weighted by Crippen LogP contribution is 2.13. The Kier molecular flexibility index (Phi) is 2.03. The highest BCUT2D eigenvalue weighted by atomic mass is 32.2. The highest BCUT2D eigenvalue weighted by molar-refractivity contribution is 8.02. The van der Waals surface area contributed by atoms with Gasteiger partial charge in [-0.05, 0) is 5.41 Å². The quantitative estimate of drug-likeness (QED) is 0.519. The van der Waals surface area contributed by atoms with Gasteiger partial charge in [-0.3, -0.25) is 0 Å². The Labute approximate surface area is 54.1 Å². The summed E-state index contributed by atoms with van der Waals surface area (Å²) in [6, 6.07) is 0. The molecule has 44 valence electrons. The molecule has 0 aromatic carbocycles. The van der Waals surface area contributed by atoms with Gasteiger partial charge in [-0.25, -0.2) is 0 Å². The van der Waals surface area contributed by atoms with E-state index >= 15 is 0 Å². The van der Waals surface area contributed by atoms with E-state index in [9.17, 15) is 0 Å². The molecule has 0 spiro atoms. The van der Waals surface area contributed by atoms with E-state index < -0.39 is 0 Å². The molecule has 0 atom stereocenters. The number of rotatable bonds is 2. The number of hydrogen-bond acceptors (Lipinski definition) is 2. The molecule has 1 heterocycles. The molecule has 0 radical (unpaired) electrons. The number of thioether (sulfide) groups is 1. The smallest absolute Gasteiger partial charge is 0.0678 e. The van der Waals surface area contributed by atoms with Crippen molar-refractivity contribution in [3.63, 3.8) is 0 Å². The van der Waals surface area contributed by atoms with Gasteiger partial charge >= 0.3 is 0 Å². The van der Waals surface area contributed by atoms with Crippen LogP contribution in [0.5, 0.6) is 0 Å². The van der Waals surface area contributed by atoms with Crippen LogP contribution in [0.25, 0.3) is 0 Å². The van der Waals surface area contributed by atoms with Crippen LogP contribution in [0.4, 0.5) is 0 Å². The van der Waals surface area contributed by atoms with E-state index in [4.69, 9.17) is 0 Å². The van der Waals surface area contributed by atoms with Crippen molar-refractivity contribution in [2.45, 2.75) is 0 Å². The van der Waals surface area contributed by atoms with E-state index in [0.717, 1.165) is 12.4 Å². The molecule has 0 aromatic rings. The molecule has 2 heteroatoms. The molecule has 0 aliphatic carbocycles. The first-order valence-corrected chi connectivity index (χ1v) is 3.61. The maximum atomic E-state index is 3.64. The number of nitrogens with zero attached hydrogens (tertiary/aromatic N) is 1. The van der Waals surface area contributed by atoms with E-state index in [0.29, 0.717) is 0 Å². The molecule has 0 unspecified atom stereocenters. The molecular weight excluding hydrogens is 118 g/mol. The Morgan fingerprint density at radius 2 is 2.75 bits per heavy atom. The first-order valence-electron chi connectivity index (χ1n) is 2.56. The summed E-state index contributed by atoms with van der Waals surface area (Å²) in [6.07, 6.45) is 4.00. The second-order valence-electron chi connectivity index (χ2n) is 1.64. The summed E-state index contributed by atoms with van der Waals surface area (Å²) < 4.78 is 0. The van der Waals surface area contributed by atoms with Crippen molar-refractivity contribution in [3.05, 3.63) is 24.3 Å². The van der Waals surface area contributed by atoms with Gasteiger partial charge in [-0.2, -0.15) is 0 Å². The molecule has 0 saturated heterocycles. The van der Waals surface area contributed by atoms with Gasteiger partial charge in [0.15, 0.2) is 0 Å². The summed E-state index contributed by atoms with van der Waals surface area (Å²) in [4.78, 5) is 2.21. The molecule has 0 N–H and O–H groups in total. The zero-order chi connectivity index (χ0) is 5.82. The van der Waals surface area contributed by atoms with Gasteiger partial charge in [-0.1, -0.05) is 6.08 Å². The van der Waals surface area contributed by atoms with Crippen LogP contribution in [-0.4, -0.2) is 17.3 Å². The highest BCUT2D eigenvalue weighted by Gasteiger charge is 1.99. The van der Waals surface area contributed by atoms with Crippen LogP contribution in [0.2, 0.25) is 0 Å². The molecule has 0 saturated carbocycles. The topological polar surface area (TPSA) is 3.24 Å². The third kappa shape index (κ3) is 1.30. The summed E-state index contributed by atoms with van der Waals surface area (Å²) in [7, 11) is 0. The fourth-order valence-corrected chi connectivity index (χ4v) is 1.32. The zero-order valence-corrected chi connectivity index (χ0v) is 5.53. The van der Waals surface area contributed by atoms with Gasteiger partial charge in [0.1, 0.15) is 0 Å². The fraction of sp³-hybridized carbons (Fsp3) is 0.333. The predicted molar refractivity (Wildman–Crippen MR) is 38.5 cm³/mol. The van der Waals surface area contributed by atoms with Crippen molar-refractivity contribution < 1.29 is 0 Å². The molecule has 1 aliphatic rings. The van der Waals surface area contributed by atoms with Crippen molar-refractivity contribution in [2.24, 2.45) is 0 Å². The molecule has 0 aromatic heterocycles. The summed E-state index contributed by atoms with van der Waals surface area (Å²) in [6.45, 7) is 4.62. The third-order valence-electron chi connectivity index (χ3n) is 0.972. The van der Waals surface area contributed by atoms with Crippen LogP contribution in [0.15, 0.2) is 24.3 Å². The van der Waals surface area contributed by atoms with E-state index in [-0.39, 0.29) is 0 Å². The lowest BCUT2D eigenvalue weighted by Crippen LogP contribution is -2.11. The molecule has 0 bridgehead atoms. The minimum Gasteiger partial charge on any atom is -0.364 e. The summed E-state index contributed by atoms with van der Waals surface area (Å²) in [5, 5.41) is 2.10. The van der Waals surface area contributed by atoms with Crippen molar-refractivity contribution in [3.8, 4) is 0 Å². The molecule has 8 heavy (non-hydrogen) atoms. The van der Waals surface area contributed by atoms with Crippen LogP contribution in [0.3, 0.4) is 0 Å². The number of hydrogen-bond donors (Lipinski definition) is 0. The molecule has 1 nitrogen and oxygen atoms in total. The van der Waals surface area contributed by atoms with Gasteiger partial charge < -0.3 is 4.90 Å². The standard InChI is InChI=1S/C6H9NS/c1-2-3-7-4-5-8-6-7/h2,4-5H,1,3,6H2. The lowest BCUT2D eigenvalue weighted by atomic mass is 10.6. The van der Waals surface area contributed by atoms with E-state index in [1.165, 1.54) is 0 Å². The van der Waals surface area contributed by atoms with Crippen LogP contribution >= 0.6 is 11.8 Å². The Bertz CT molecular complexity index is 109. The molecule has 1 rings (SSSR count). The van der Waals surface area contributed by atoms with Crippen molar-refractivity contribution >= 4 is 11.8 Å². The lowest BCUT2D eigenvalue weighted by Gasteiger charge is -2.09. The van der Waals surface area contributed by atoms with Crippen LogP contribution < -0.4 is 0 Å². The monoisotopic (exact) mass is 127 g/mol. The second kappa shape index (κ2) is 2.82. The van der Waals surface area contributed by atoms with Crippen LogP contribution in [-0.2, 0) is 0 Å². The van der Waals surface area contributed by atoms with Gasteiger partial charge in [0, 0.05) is 12.7 Å². The predicted octanol–water partition coefficient (Wildman–Crippen LogP) is 1.65. The Hall–Kier alpha value is -0.370. The first kappa shape index (κ1) is 5.76. The summed E-state index contributed by atoms with van der Waals surface area (Å²) in [5.41, 5.74) is 0. The summed E-state index contributed by atoms with van der Waals surface area (Å²) in [5.74, 6) is 1.09. The first-order chi connectivity index (χ1) is 3.93. The van der Waals surface area contributed by atoms with Crippen molar-refractivity contribution in [1.82, 2.24) is 4.90 Å². The van der Waals surface area contributed by atoms with Gasteiger partial charge in [0.05, 0.1) is 5.88 Å². The molecular formula is C6H9NS. The van der Waals surface area contributed by atoms with Gasteiger partial charge in [0.2, 0.25) is 0 Å². The van der Waals surface area contributed by atoms with Crippen LogP contribution in [0.1, 0.15) is 0 Å². The van der Waals surface area contributed by atoms with Crippen molar-refractivity contribution in [2.75, 3.05) is 12.4 Å². The minimum atomic E-state index is 0.976. The Morgan fingerprint density at radius 3 is 3.25 bits per heavy atom. The normalized spacial score (nSPS) is 17.2. The average Bonchev–Trinajstić information content (AvgIpc) is 2.19. The summed E-state index contributed by atoms with van der Waals surface area (Å²) >= 11 is 1.82. The van der Waals surface area contributed by atoms with E-state index in [1.54, 1.807) is 0 Å². The molecule has 0 amide bonds. The maximum absolute atomic E-state index is 3.64. The lowest BCUT2D eigenvalue weighted by molar-refractivity contribution is 0.499. The van der Waals surface area contributed by atoms with Gasteiger partial charge in [0.25, 0.3) is 0 Å². The molecule has 0 fully saturated rings. The minimum absolute atomic E-state index is 0.976. The van der Waals surface area contributed by atoms with E-state index in [1.807, 2.05) is 17.8 Å². The molecule has 1 aliphatic heterocycles. The Balaban J connectivity index is 2.25. The SMILES string of the molecule is C=CCN1C=CSC1. The average molecular weight is 127 g/mol. The zero-order valence-electron chi connectivity index (χ0n) is 4.71. The van der Waals surface area contributed by atoms with Crippen molar-refractivity contribution in [1.29, 1.82) is 0 Å². The fourth-order valence-electron chi connectivity index (χ4n) is 0.590. The third-order valence-corrected chi connectivity index (χ3v) is 1.77. The van der Waals surface area contributed by atoms with E-state index in [2.05, 4.69) is 23.1 Å².